The number of ether oxygens (including phenoxy) is 1. The van der Waals surface area contributed by atoms with Crippen molar-refractivity contribution in [1.29, 1.82) is 0 Å². The van der Waals surface area contributed by atoms with Crippen LogP contribution < -0.4 is 10.6 Å². The Morgan fingerprint density at radius 2 is 1.90 bits per heavy atom. The first-order valence-electron chi connectivity index (χ1n) is 14.0. The van der Waals surface area contributed by atoms with Gasteiger partial charge in [-0.1, -0.05) is 36.4 Å². The second-order valence-corrected chi connectivity index (χ2v) is 11.5. The maximum Gasteiger partial charge on any atom is 0.243 e. The van der Waals surface area contributed by atoms with Crippen molar-refractivity contribution in [1.82, 2.24) is 25.5 Å². The third-order valence-corrected chi connectivity index (χ3v) is 8.57. The minimum Gasteiger partial charge on any atom is -0.380 e. The molecule has 3 aliphatic rings. The number of rotatable bonds is 8. The highest BCUT2D eigenvalue weighted by Gasteiger charge is 2.52. The zero-order valence-corrected chi connectivity index (χ0v) is 22.5. The van der Waals surface area contributed by atoms with E-state index in [0.717, 1.165) is 31.2 Å². The monoisotopic (exact) mass is 547 g/mol. The molecule has 2 aromatic carbocycles. The molecule has 3 fully saturated rings. The van der Waals surface area contributed by atoms with Crippen LogP contribution in [0.25, 0.3) is 11.0 Å². The van der Waals surface area contributed by atoms with Crippen molar-refractivity contribution < 1.29 is 23.5 Å². The molecule has 2 aliphatic heterocycles. The van der Waals surface area contributed by atoms with Gasteiger partial charge in [-0.3, -0.25) is 14.4 Å². The smallest absolute Gasteiger partial charge is 0.243 e. The minimum atomic E-state index is -1.05. The number of amides is 3. The Hall–Kier alpha value is -3.79. The lowest BCUT2D eigenvalue weighted by Gasteiger charge is -2.52. The van der Waals surface area contributed by atoms with Gasteiger partial charge in [-0.25, -0.2) is 9.37 Å². The molecule has 3 atom stereocenters. The molecule has 210 valence electrons. The quantitative estimate of drug-likeness (QED) is 0.399. The maximum absolute atomic E-state index is 14.2. The first-order chi connectivity index (χ1) is 19.3. The summed E-state index contributed by atoms with van der Waals surface area (Å²) in [7, 11) is 0. The normalized spacial score (nSPS) is 21.4. The highest BCUT2D eigenvalue weighted by Crippen LogP contribution is 2.50. The van der Waals surface area contributed by atoms with E-state index in [4.69, 9.17) is 4.74 Å². The highest BCUT2D eigenvalue weighted by molar-refractivity contribution is 5.93. The van der Waals surface area contributed by atoms with Crippen LogP contribution in [0.2, 0.25) is 0 Å². The first kappa shape index (κ1) is 26.4. The number of halogens is 1. The summed E-state index contributed by atoms with van der Waals surface area (Å²) in [5, 5.41) is 5.75. The fourth-order valence-electron chi connectivity index (χ4n) is 6.28. The fraction of sp³-hybridized carbons (Fsp3) is 0.467. The van der Waals surface area contributed by atoms with Crippen LogP contribution in [0.4, 0.5) is 4.39 Å². The molecule has 1 saturated carbocycles. The number of nitrogens with zero attached hydrogens (tertiary/aromatic N) is 2. The van der Waals surface area contributed by atoms with Gasteiger partial charge in [-0.15, -0.1) is 0 Å². The van der Waals surface area contributed by atoms with Crippen molar-refractivity contribution in [3.63, 3.8) is 0 Å². The SMILES string of the molecule is C[C@H](NC(=O)C(CC(=O)N1CCCC1c1ccccc1)NC(=O)C1CC2(COC2)C1)c1nc2c(F)cccc2[nH]1. The molecule has 2 unspecified atom stereocenters. The molecule has 3 amide bonds. The van der Waals surface area contributed by atoms with Crippen LogP contribution in [-0.4, -0.2) is 58.4 Å². The molecule has 0 bridgehead atoms. The summed E-state index contributed by atoms with van der Waals surface area (Å²) in [6.07, 6.45) is 3.03. The minimum absolute atomic E-state index is 0.0532. The highest BCUT2D eigenvalue weighted by atomic mass is 19.1. The Morgan fingerprint density at radius 1 is 1.12 bits per heavy atom. The number of fused-ring (bicyclic) bond motifs is 1. The largest absolute Gasteiger partial charge is 0.380 e. The molecule has 3 N–H and O–H groups in total. The number of H-pyrrole nitrogens is 1. The number of imidazole rings is 1. The average molecular weight is 548 g/mol. The third-order valence-electron chi connectivity index (χ3n) is 8.57. The topological polar surface area (TPSA) is 116 Å². The second-order valence-electron chi connectivity index (χ2n) is 11.5. The predicted molar refractivity (Wildman–Crippen MR) is 145 cm³/mol. The Kier molecular flexibility index (Phi) is 7.04. The standard InChI is InChI=1S/C30H34FN5O4/c1-18(27-33-22-10-5-9-21(31)26(22)35-27)32-29(39)23(34-28(38)20-14-30(15-20)16-40-17-30)13-25(37)36-12-6-11-24(36)19-7-3-2-4-8-19/h2-5,7-10,18,20,23-24H,6,11-17H2,1H3,(H,32,39)(H,33,35)(H,34,38)/t18-,23?,24?/m0/s1. The molecule has 6 rings (SSSR count). The van der Waals surface area contributed by atoms with Crippen molar-refractivity contribution in [3.8, 4) is 0 Å². The molecule has 2 saturated heterocycles. The van der Waals surface area contributed by atoms with Crippen molar-refractivity contribution in [2.45, 2.75) is 57.2 Å². The van der Waals surface area contributed by atoms with Crippen molar-refractivity contribution in [2.24, 2.45) is 11.3 Å². The van der Waals surface area contributed by atoms with E-state index in [-0.39, 0.29) is 41.1 Å². The summed E-state index contributed by atoms with van der Waals surface area (Å²) in [4.78, 5) is 49.4. The van der Waals surface area contributed by atoms with E-state index in [0.29, 0.717) is 31.1 Å². The van der Waals surface area contributed by atoms with E-state index >= 15 is 0 Å². The van der Waals surface area contributed by atoms with Gasteiger partial charge >= 0.3 is 0 Å². The number of carbonyl (C=O) groups is 3. The first-order valence-corrected chi connectivity index (χ1v) is 14.0. The van der Waals surface area contributed by atoms with Crippen molar-refractivity contribution in [3.05, 3.63) is 65.7 Å². The molecule has 3 heterocycles. The lowest BCUT2D eigenvalue weighted by atomic mass is 9.60. The van der Waals surface area contributed by atoms with Crippen LogP contribution in [-0.2, 0) is 19.1 Å². The molecule has 10 heteroatoms. The van der Waals surface area contributed by atoms with E-state index in [1.54, 1.807) is 19.1 Å². The van der Waals surface area contributed by atoms with E-state index in [1.807, 2.05) is 35.2 Å². The molecular weight excluding hydrogens is 513 g/mol. The summed E-state index contributed by atoms with van der Waals surface area (Å²) in [6.45, 7) is 3.68. The summed E-state index contributed by atoms with van der Waals surface area (Å²) >= 11 is 0. The number of hydrogen-bond acceptors (Lipinski definition) is 5. The number of nitrogens with one attached hydrogen (secondary N) is 3. The summed E-state index contributed by atoms with van der Waals surface area (Å²) in [6, 6.07) is 12.8. The molecule has 1 aromatic heterocycles. The molecule has 0 radical (unpaired) electrons. The Morgan fingerprint density at radius 3 is 2.60 bits per heavy atom. The fourth-order valence-corrected chi connectivity index (χ4v) is 6.28. The van der Waals surface area contributed by atoms with Gasteiger partial charge < -0.3 is 25.3 Å². The van der Waals surface area contributed by atoms with Gasteiger partial charge in [-0.2, -0.15) is 0 Å². The van der Waals surface area contributed by atoms with E-state index in [9.17, 15) is 18.8 Å². The summed E-state index contributed by atoms with van der Waals surface area (Å²) in [5.74, 6) is -1.14. The third kappa shape index (κ3) is 5.08. The maximum atomic E-state index is 14.2. The number of hydrogen-bond donors (Lipinski definition) is 3. The summed E-state index contributed by atoms with van der Waals surface area (Å²) < 4.78 is 19.5. The summed E-state index contributed by atoms with van der Waals surface area (Å²) in [5.41, 5.74) is 1.88. The van der Waals surface area contributed by atoms with E-state index < -0.39 is 23.8 Å². The van der Waals surface area contributed by atoms with Gasteiger partial charge in [0.15, 0.2) is 5.82 Å². The van der Waals surface area contributed by atoms with E-state index in [1.165, 1.54) is 6.07 Å². The van der Waals surface area contributed by atoms with Gasteiger partial charge in [-0.05, 0) is 50.3 Å². The molecular formula is C30H34FN5O4. The van der Waals surface area contributed by atoms with Gasteiger partial charge in [0.05, 0.1) is 37.2 Å². The van der Waals surface area contributed by atoms with Crippen LogP contribution in [0.15, 0.2) is 48.5 Å². The molecule has 1 aliphatic carbocycles. The Labute approximate surface area is 231 Å². The van der Waals surface area contributed by atoms with Crippen LogP contribution in [0, 0.1) is 17.2 Å². The number of para-hydroxylation sites is 1. The van der Waals surface area contributed by atoms with E-state index in [2.05, 4.69) is 20.6 Å². The number of aromatic nitrogens is 2. The number of benzene rings is 2. The number of likely N-dealkylation sites (tertiary alicyclic amines) is 1. The van der Waals surface area contributed by atoms with Crippen molar-refractivity contribution >= 4 is 28.8 Å². The van der Waals surface area contributed by atoms with Crippen LogP contribution >= 0.6 is 0 Å². The number of aromatic amines is 1. The average Bonchev–Trinajstić information content (AvgIpc) is 3.56. The molecule has 3 aromatic rings. The molecule has 40 heavy (non-hydrogen) atoms. The number of carbonyl (C=O) groups excluding carboxylic acids is 3. The van der Waals surface area contributed by atoms with Crippen LogP contribution in [0.3, 0.4) is 0 Å². The Balaban J connectivity index is 1.17. The lowest BCUT2D eigenvalue weighted by molar-refractivity contribution is -0.184. The molecule has 1 spiro atoms. The van der Waals surface area contributed by atoms with Gasteiger partial charge in [0.25, 0.3) is 0 Å². The van der Waals surface area contributed by atoms with Crippen molar-refractivity contribution in [2.75, 3.05) is 19.8 Å². The van der Waals surface area contributed by atoms with Crippen LogP contribution in [0.5, 0.6) is 0 Å². The lowest BCUT2D eigenvalue weighted by Crippen LogP contribution is -2.58. The second kappa shape index (κ2) is 10.6. The zero-order valence-electron chi connectivity index (χ0n) is 22.5. The van der Waals surface area contributed by atoms with Gasteiger partial charge in [0.1, 0.15) is 17.4 Å². The predicted octanol–water partition coefficient (Wildman–Crippen LogP) is 3.54. The van der Waals surface area contributed by atoms with Gasteiger partial charge in [0, 0.05) is 17.9 Å². The molecule has 9 nitrogen and oxygen atoms in total. The Bertz CT molecular complexity index is 1410. The zero-order chi connectivity index (χ0) is 27.9. The van der Waals surface area contributed by atoms with Crippen LogP contribution in [0.1, 0.15) is 62.5 Å². The van der Waals surface area contributed by atoms with Gasteiger partial charge in [0.2, 0.25) is 17.7 Å².